The normalized spacial score (nSPS) is 10.6. The average molecular weight is 421 g/mol. The SMILES string of the molecule is COc1ccc(Nc2nc(Nc3cccc(C=CC(=O)O)c3)nc(C)c2[N+](=O)[O-])cc1. The molecule has 0 spiro atoms. The standard InChI is InChI=1S/C21H19N5O5/c1-13-19(26(29)30)20(23-15-7-9-17(31-2)10-8-15)25-21(22-13)24-16-5-3-4-14(12-16)6-11-18(27)28/h3-12H,1-2H3,(H,27,28)(H2,22,23,24,25). The van der Waals surface area contributed by atoms with Crippen molar-refractivity contribution in [3.8, 4) is 5.75 Å². The van der Waals surface area contributed by atoms with Gasteiger partial charge in [-0.3, -0.25) is 10.1 Å². The van der Waals surface area contributed by atoms with Gasteiger partial charge in [0, 0.05) is 17.5 Å². The molecule has 2 aromatic carbocycles. The van der Waals surface area contributed by atoms with Crippen LogP contribution in [0, 0.1) is 17.0 Å². The van der Waals surface area contributed by atoms with Crippen molar-refractivity contribution in [2.45, 2.75) is 6.92 Å². The molecule has 0 aliphatic heterocycles. The number of ether oxygens (including phenoxy) is 1. The zero-order valence-electron chi connectivity index (χ0n) is 16.7. The second kappa shape index (κ2) is 9.35. The summed E-state index contributed by atoms with van der Waals surface area (Å²) in [6.07, 6.45) is 2.48. The number of carbonyl (C=O) groups is 1. The molecule has 3 aromatic rings. The van der Waals surface area contributed by atoms with Crippen LogP contribution in [0.1, 0.15) is 11.3 Å². The van der Waals surface area contributed by atoms with Gasteiger partial charge in [0.05, 0.1) is 12.0 Å². The van der Waals surface area contributed by atoms with Gasteiger partial charge in [-0.15, -0.1) is 0 Å². The lowest BCUT2D eigenvalue weighted by Crippen LogP contribution is -2.07. The Balaban J connectivity index is 1.92. The first-order valence-electron chi connectivity index (χ1n) is 9.08. The van der Waals surface area contributed by atoms with E-state index in [0.29, 0.717) is 22.7 Å². The van der Waals surface area contributed by atoms with Gasteiger partial charge in [0.2, 0.25) is 11.8 Å². The number of aliphatic carboxylic acids is 1. The van der Waals surface area contributed by atoms with E-state index in [2.05, 4.69) is 20.6 Å². The zero-order chi connectivity index (χ0) is 22.4. The molecule has 0 aliphatic rings. The number of methoxy groups -OCH3 is 1. The van der Waals surface area contributed by atoms with Crippen molar-refractivity contribution in [3.05, 3.63) is 76.0 Å². The third kappa shape index (κ3) is 5.54. The average Bonchev–Trinajstić information content (AvgIpc) is 2.72. The van der Waals surface area contributed by atoms with Gasteiger partial charge in [0.1, 0.15) is 11.4 Å². The van der Waals surface area contributed by atoms with Crippen LogP contribution in [0.4, 0.5) is 28.8 Å². The van der Waals surface area contributed by atoms with Crippen LogP contribution in [0.3, 0.4) is 0 Å². The number of nitro groups is 1. The number of hydrogen-bond donors (Lipinski definition) is 3. The van der Waals surface area contributed by atoms with Gasteiger partial charge >= 0.3 is 11.7 Å². The van der Waals surface area contributed by atoms with Gasteiger partial charge in [0.15, 0.2) is 0 Å². The summed E-state index contributed by atoms with van der Waals surface area (Å²) in [5.74, 6) is -0.217. The van der Waals surface area contributed by atoms with Crippen molar-refractivity contribution in [2.75, 3.05) is 17.7 Å². The topological polar surface area (TPSA) is 140 Å². The van der Waals surface area contributed by atoms with E-state index in [0.717, 1.165) is 6.08 Å². The fourth-order valence-electron chi connectivity index (χ4n) is 2.76. The second-order valence-corrected chi connectivity index (χ2v) is 6.36. The number of anilines is 4. The molecule has 158 valence electrons. The monoisotopic (exact) mass is 421 g/mol. The molecule has 0 saturated carbocycles. The number of aryl methyl sites for hydroxylation is 1. The Kier molecular flexibility index (Phi) is 6.41. The van der Waals surface area contributed by atoms with Crippen molar-refractivity contribution >= 4 is 40.9 Å². The highest BCUT2D eigenvalue weighted by molar-refractivity contribution is 5.85. The largest absolute Gasteiger partial charge is 0.497 e. The number of carboxylic acids is 1. The molecule has 31 heavy (non-hydrogen) atoms. The summed E-state index contributed by atoms with van der Waals surface area (Å²) in [4.78, 5) is 30.2. The Hall–Kier alpha value is -4.47. The maximum absolute atomic E-state index is 11.6. The van der Waals surface area contributed by atoms with Crippen molar-refractivity contribution in [3.63, 3.8) is 0 Å². The van der Waals surface area contributed by atoms with Crippen molar-refractivity contribution in [1.82, 2.24) is 9.97 Å². The number of benzene rings is 2. The molecule has 0 aliphatic carbocycles. The molecule has 3 rings (SSSR count). The Labute approximate surface area is 177 Å². The third-order valence-corrected chi connectivity index (χ3v) is 4.15. The summed E-state index contributed by atoms with van der Waals surface area (Å²) >= 11 is 0. The van der Waals surface area contributed by atoms with E-state index in [9.17, 15) is 14.9 Å². The number of aromatic nitrogens is 2. The Morgan fingerprint density at radius 1 is 1.13 bits per heavy atom. The van der Waals surface area contributed by atoms with E-state index in [1.807, 2.05) is 0 Å². The van der Waals surface area contributed by atoms with Crippen molar-refractivity contribution in [2.24, 2.45) is 0 Å². The summed E-state index contributed by atoms with van der Waals surface area (Å²) in [5, 5.41) is 26.3. The van der Waals surface area contributed by atoms with Crippen LogP contribution in [0.2, 0.25) is 0 Å². The number of rotatable bonds is 8. The summed E-state index contributed by atoms with van der Waals surface area (Å²) in [7, 11) is 1.55. The van der Waals surface area contributed by atoms with E-state index in [4.69, 9.17) is 9.84 Å². The maximum Gasteiger partial charge on any atom is 0.332 e. The fraction of sp³-hybridized carbons (Fsp3) is 0.0952. The highest BCUT2D eigenvalue weighted by Crippen LogP contribution is 2.30. The predicted octanol–water partition coefficient (Wildman–Crippen LogP) is 4.29. The van der Waals surface area contributed by atoms with E-state index in [1.165, 1.54) is 13.0 Å². The van der Waals surface area contributed by atoms with Gasteiger partial charge in [0.25, 0.3) is 0 Å². The van der Waals surface area contributed by atoms with Crippen LogP contribution >= 0.6 is 0 Å². The Morgan fingerprint density at radius 3 is 2.52 bits per heavy atom. The molecule has 0 saturated heterocycles. The Morgan fingerprint density at radius 2 is 1.87 bits per heavy atom. The second-order valence-electron chi connectivity index (χ2n) is 6.36. The molecule has 10 nitrogen and oxygen atoms in total. The minimum atomic E-state index is -1.05. The van der Waals surface area contributed by atoms with Crippen LogP contribution in [0.5, 0.6) is 5.75 Å². The molecule has 0 fully saturated rings. The number of nitrogens with one attached hydrogen (secondary N) is 2. The molecule has 3 N–H and O–H groups in total. The first kappa shape index (κ1) is 21.2. The minimum Gasteiger partial charge on any atom is -0.497 e. The first-order valence-corrected chi connectivity index (χ1v) is 9.08. The Bertz CT molecular complexity index is 1150. The van der Waals surface area contributed by atoms with E-state index >= 15 is 0 Å². The van der Waals surface area contributed by atoms with Gasteiger partial charge in [-0.05, 0) is 55.0 Å². The number of carboxylic acid groups (broad SMARTS) is 1. The number of nitrogens with zero attached hydrogens (tertiary/aromatic N) is 3. The van der Waals surface area contributed by atoms with Gasteiger partial charge in [-0.2, -0.15) is 4.98 Å². The van der Waals surface area contributed by atoms with Crippen molar-refractivity contribution in [1.29, 1.82) is 0 Å². The molecule has 0 unspecified atom stereocenters. The van der Waals surface area contributed by atoms with E-state index < -0.39 is 10.9 Å². The third-order valence-electron chi connectivity index (χ3n) is 4.15. The highest BCUT2D eigenvalue weighted by Gasteiger charge is 2.22. The number of hydrogen-bond acceptors (Lipinski definition) is 8. The summed E-state index contributed by atoms with van der Waals surface area (Å²) < 4.78 is 5.12. The molecular formula is C21H19N5O5. The smallest absolute Gasteiger partial charge is 0.332 e. The lowest BCUT2D eigenvalue weighted by atomic mass is 10.2. The molecule has 0 amide bonds. The molecule has 0 bridgehead atoms. The summed E-state index contributed by atoms with van der Waals surface area (Å²) in [6.45, 7) is 1.52. The highest BCUT2D eigenvalue weighted by atomic mass is 16.6. The van der Waals surface area contributed by atoms with Crippen molar-refractivity contribution < 1.29 is 19.6 Å². The molecule has 10 heteroatoms. The first-order chi connectivity index (χ1) is 14.9. The molecule has 0 atom stereocenters. The van der Waals surface area contributed by atoms with Gasteiger partial charge in [-0.25, -0.2) is 9.78 Å². The predicted molar refractivity (Wildman–Crippen MR) is 116 cm³/mol. The van der Waals surface area contributed by atoms with Crippen LogP contribution in [-0.2, 0) is 4.79 Å². The van der Waals surface area contributed by atoms with Crippen LogP contribution in [0.15, 0.2) is 54.6 Å². The molecular weight excluding hydrogens is 402 g/mol. The van der Waals surface area contributed by atoms with Crippen LogP contribution in [-0.4, -0.2) is 33.1 Å². The lowest BCUT2D eigenvalue weighted by Gasteiger charge is -2.11. The molecule has 1 aromatic heterocycles. The van der Waals surface area contributed by atoms with Crippen LogP contribution in [0.25, 0.3) is 6.08 Å². The molecule has 0 radical (unpaired) electrons. The van der Waals surface area contributed by atoms with E-state index in [1.54, 1.807) is 55.6 Å². The molecule has 1 heterocycles. The summed E-state index contributed by atoms with van der Waals surface area (Å²) in [6, 6.07) is 13.8. The maximum atomic E-state index is 11.6. The zero-order valence-corrected chi connectivity index (χ0v) is 16.7. The fourth-order valence-corrected chi connectivity index (χ4v) is 2.76. The minimum absolute atomic E-state index is 0.0343. The van der Waals surface area contributed by atoms with Crippen LogP contribution < -0.4 is 15.4 Å². The summed E-state index contributed by atoms with van der Waals surface area (Å²) in [5.41, 5.74) is 1.78. The quantitative estimate of drug-likeness (QED) is 0.276. The van der Waals surface area contributed by atoms with Gasteiger partial charge < -0.3 is 20.5 Å². The van der Waals surface area contributed by atoms with Gasteiger partial charge in [-0.1, -0.05) is 12.1 Å². The van der Waals surface area contributed by atoms with E-state index in [-0.39, 0.29) is 23.1 Å². The lowest BCUT2D eigenvalue weighted by molar-refractivity contribution is -0.385.